The van der Waals surface area contributed by atoms with E-state index >= 15 is 0 Å². The highest BCUT2D eigenvalue weighted by Gasteiger charge is 2.27. The van der Waals surface area contributed by atoms with Crippen LogP contribution < -0.4 is 0 Å². The molecule has 0 aliphatic heterocycles. The van der Waals surface area contributed by atoms with E-state index < -0.39 is 0 Å². The van der Waals surface area contributed by atoms with Gasteiger partial charge in [0.25, 0.3) is 0 Å². The summed E-state index contributed by atoms with van der Waals surface area (Å²) in [4.78, 5) is 0. The van der Waals surface area contributed by atoms with Crippen molar-refractivity contribution in [3.05, 3.63) is 24.0 Å². The van der Waals surface area contributed by atoms with E-state index in [9.17, 15) is 5.11 Å². The van der Waals surface area contributed by atoms with Gasteiger partial charge < -0.3 is 5.11 Å². The molecule has 1 aliphatic rings. The molecule has 0 saturated heterocycles. The molecule has 2 rings (SSSR count). The van der Waals surface area contributed by atoms with Crippen LogP contribution in [0.3, 0.4) is 0 Å². The maximum absolute atomic E-state index is 9.46. The van der Waals surface area contributed by atoms with E-state index in [0.29, 0.717) is 12.5 Å². The van der Waals surface area contributed by atoms with Crippen LogP contribution in [-0.2, 0) is 13.2 Å². The van der Waals surface area contributed by atoms with Crippen molar-refractivity contribution >= 4 is 0 Å². The lowest BCUT2D eigenvalue weighted by Gasteiger charge is -2.29. The lowest BCUT2D eigenvalue weighted by atomic mass is 9.78. The fraction of sp³-hybridized carbons (Fsp3) is 0.750. The van der Waals surface area contributed by atoms with Gasteiger partial charge in [-0.25, -0.2) is 4.68 Å². The second kappa shape index (κ2) is 7.58. The molecule has 1 aliphatic carbocycles. The highest BCUT2D eigenvalue weighted by Crippen LogP contribution is 2.38. The largest absolute Gasteiger partial charge is 0.390 e. The van der Waals surface area contributed by atoms with Gasteiger partial charge in [-0.2, -0.15) is 0 Å². The Morgan fingerprint density at radius 1 is 1.35 bits per heavy atom. The number of aromatic nitrogens is 3. The van der Waals surface area contributed by atoms with Gasteiger partial charge in [0, 0.05) is 5.92 Å². The topological polar surface area (TPSA) is 50.9 Å². The summed E-state index contributed by atoms with van der Waals surface area (Å²) < 4.78 is 1.91. The molecule has 1 aromatic heterocycles. The molecule has 112 valence electrons. The average Bonchev–Trinajstić information content (AvgIpc) is 2.89. The van der Waals surface area contributed by atoms with Gasteiger partial charge >= 0.3 is 0 Å². The van der Waals surface area contributed by atoms with Crippen LogP contribution in [0.2, 0.25) is 0 Å². The van der Waals surface area contributed by atoms with E-state index in [1.807, 2.05) is 10.8 Å². The highest BCUT2D eigenvalue weighted by molar-refractivity contribution is 5.16. The van der Waals surface area contributed by atoms with Gasteiger partial charge in [0.15, 0.2) is 0 Å². The van der Waals surface area contributed by atoms with Crippen molar-refractivity contribution in [2.24, 2.45) is 5.92 Å². The van der Waals surface area contributed by atoms with Gasteiger partial charge in [0.2, 0.25) is 0 Å². The predicted molar refractivity (Wildman–Crippen MR) is 80.4 cm³/mol. The summed E-state index contributed by atoms with van der Waals surface area (Å²) in [5, 5.41) is 17.7. The Morgan fingerprint density at radius 2 is 2.10 bits per heavy atom. The Balaban J connectivity index is 2.02. The van der Waals surface area contributed by atoms with Crippen molar-refractivity contribution in [1.29, 1.82) is 0 Å². The molecule has 4 heteroatoms. The van der Waals surface area contributed by atoms with E-state index in [0.717, 1.165) is 17.3 Å². The summed E-state index contributed by atoms with van der Waals surface area (Å²) >= 11 is 0. The van der Waals surface area contributed by atoms with E-state index in [1.165, 1.54) is 44.9 Å². The van der Waals surface area contributed by atoms with Crippen molar-refractivity contribution in [2.75, 3.05) is 0 Å². The van der Waals surface area contributed by atoms with Crippen molar-refractivity contribution in [3.63, 3.8) is 0 Å². The molecule has 1 heterocycles. The van der Waals surface area contributed by atoms with Crippen LogP contribution >= 0.6 is 0 Å². The lowest BCUT2D eigenvalue weighted by Crippen LogP contribution is -2.18. The molecular weight excluding hydrogens is 250 g/mol. The van der Waals surface area contributed by atoms with Crippen molar-refractivity contribution in [1.82, 2.24) is 15.0 Å². The van der Waals surface area contributed by atoms with Crippen LogP contribution in [-0.4, -0.2) is 20.1 Å². The van der Waals surface area contributed by atoms with Gasteiger partial charge in [-0.1, -0.05) is 37.5 Å². The number of rotatable bonds is 7. The zero-order chi connectivity index (χ0) is 14.4. The minimum Gasteiger partial charge on any atom is -0.390 e. The number of aliphatic hydroxyl groups excluding tert-OH is 1. The van der Waals surface area contributed by atoms with Gasteiger partial charge in [-0.05, 0) is 31.6 Å². The van der Waals surface area contributed by atoms with Crippen LogP contribution in [0.5, 0.6) is 0 Å². The Hall–Kier alpha value is -1.16. The molecule has 0 aromatic carbocycles. The maximum atomic E-state index is 9.46. The van der Waals surface area contributed by atoms with Gasteiger partial charge in [-0.15, -0.1) is 11.7 Å². The SMILES string of the molecule is C=CCn1nnc(CO)c1C1CCC(CCCC)CC1. The highest BCUT2D eigenvalue weighted by atomic mass is 16.3. The number of unbranched alkanes of at least 4 members (excludes halogenated alkanes) is 1. The normalized spacial score (nSPS) is 22.9. The number of hydrogen-bond acceptors (Lipinski definition) is 3. The first-order chi connectivity index (χ1) is 9.80. The third-order valence-electron chi connectivity index (χ3n) is 4.50. The Labute approximate surface area is 121 Å². The molecule has 1 saturated carbocycles. The van der Waals surface area contributed by atoms with Crippen molar-refractivity contribution in [3.8, 4) is 0 Å². The van der Waals surface area contributed by atoms with Gasteiger partial charge in [0.05, 0.1) is 18.8 Å². The number of allylic oxidation sites excluding steroid dienone is 1. The minimum absolute atomic E-state index is 0.0117. The standard InChI is InChI=1S/C16H27N3O/c1-3-5-6-13-7-9-14(10-8-13)16-15(12-20)17-18-19(16)11-4-2/h4,13-14,20H,2-3,5-12H2,1H3. The zero-order valence-electron chi connectivity index (χ0n) is 12.6. The third kappa shape index (κ3) is 3.48. The monoisotopic (exact) mass is 277 g/mol. The Kier molecular flexibility index (Phi) is 5.77. The molecule has 0 atom stereocenters. The first kappa shape index (κ1) is 15.2. The summed E-state index contributed by atoms with van der Waals surface area (Å²) in [6.07, 6.45) is 10.9. The Bertz CT molecular complexity index is 419. The molecule has 0 amide bonds. The minimum atomic E-state index is -0.0117. The number of aliphatic hydroxyl groups is 1. The molecule has 20 heavy (non-hydrogen) atoms. The molecule has 1 aromatic rings. The Morgan fingerprint density at radius 3 is 2.70 bits per heavy atom. The van der Waals surface area contributed by atoms with Crippen molar-refractivity contribution in [2.45, 2.75) is 70.9 Å². The summed E-state index contributed by atoms with van der Waals surface area (Å²) in [7, 11) is 0. The first-order valence-corrected chi connectivity index (χ1v) is 7.94. The molecular formula is C16H27N3O. The summed E-state index contributed by atoms with van der Waals surface area (Å²) in [6, 6.07) is 0. The quantitative estimate of drug-likeness (QED) is 0.777. The van der Waals surface area contributed by atoms with Crippen molar-refractivity contribution < 1.29 is 5.11 Å². The van der Waals surface area contributed by atoms with Crippen LogP contribution in [0.4, 0.5) is 0 Å². The average molecular weight is 277 g/mol. The molecule has 4 nitrogen and oxygen atoms in total. The summed E-state index contributed by atoms with van der Waals surface area (Å²) in [5.74, 6) is 1.40. The maximum Gasteiger partial charge on any atom is 0.112 e. The first-order valence-electron chi connectivity index (χ1n) is 7.94. The van der Waals surface area contributed by atoms with Crippen LogP contribution in [0, 0.1) is 5.92 Å². The number of hydrogen-bond donors (Lipinski definition) is 1. The molecule has 1 N–H and O–H groups in total. The van der Waals surface area contributed by atoms with Crippen LogP contribution in [0.1, 0.15) is 69.2 Å². The molecule has 0 spiro atoms. The molecule has 0 bridgehead atoms. The fourth-order valence-electron chi connectivity index (χ4n) is 3.39. The van der Waals surface area contributed by atoms with E-state index in [4.69, 9.17) is 0 Å². The fourth-order valence-corrected chi connectivity index (χ4v) is 3.39. The van der Waals surface area contributed by atoms with Crippen LogP contribution in [0.15, 0.2) is 12.7 Å². The zero-order valence-corrected chi connectivity index (χ0v) is 12.6. The van der Waals surface area contributed by atoms with E-state index in [1.54, 1.807) is 0 Å². The summed E-state index contributed by atoms with van der Waals surface area (Å²) in [6.45, 7) is 6.70. The lowest BCUT2D eigenvalue weighted by molar-refractivity contribution is 0.267. The van der Waals surface area contributed by atoms with Gasteiger partial charge in [0.1, 0.15) is 5.69 Å². The van der Waals surface area contributed by atoms with Crippen LogP contribution in [0.25, 0.3) is 0 Å². The summed E-state index contributed by atoms with van der Waals surface area (Å²) in [5.41, 5.74) is 1.89. The van der Waals surface area contributed by atoms with E-state index in [2.05, 4.69) is 23.8 Å². The second-order valence-electron chi connectivity index (χ2n) is 5.91. The smallest absolute Gasteiger partial charge is 0.112 e. The molecule has 1 fully saturated rings. The van der Waals surface area contributed by atoms with E-state index in [-0.39, 0.29) is 6.61 Å². The second-order valence-corrected chi connectivity index (χ2v) is 5.91. The number of nitrogens with zero attached hydrogens (tertiary/aromatic N) is 3. The third-order valence-corrected chi connectivity index (χ3v) is 4.50. The molecule has 0 radical (unpaired) electrons. The molecule has 0 unspecified atom stereocenters. The predicted octanol–water partition coefficient (Wildman–Crippen LogP) is 3.42. The van der Waals surface area contributed by atoms with Gasteiger partial charge in [-0.3, -0.25) is 0 Å².